The molecule has 0 spiro atoms. The summed E-state index contributed by atoms with van der Waals surface area (Å²) in [5.74, 6) is -0.947. The smallest absolute Gasteiger partial charge is 0.306 e. The maximum Gasteiger partial charge on any atom is 0.306 e. The highest BCUT2D eigenvalue weighted by atomic mass is 16.6. The maximum atomic E-state index is 12.8. The van der Waals surface area contributed by atoms with Crippen LogP contribution in [0, 0.1) is 0 Å². The molecule has 0 aromatic carbocycles. The third-order valence-corrected chi connectivity index (χ3v) is 11.8. The highest BCUT2D eigenvalue weighted by Crippen LogP contribution is 2.15. The molecule has 374 valence electrons. The summed E-state index contributed by atoms with van der Waals surface area (Å²) in [5, 5.41) is 0. The molecule has 65 heavy (non-hydrogen) atoms. The van der Waals surface area contributed by atoms with Crippen LogP contribution < -0.4 is 0 Å². The minimum absolute atomic E-state index is 0.0955. The molecule has 6 nitrogen and oxygen atoms in total. The molecule has 0 aliphatic carbocycles. The van der Waals surface area contributed by atoms with Crippen molar-refractivity contribution < 1.29 is 28.6 Å². The number of hydrogen-bond acceptors (Lipinski definition) is 6. The van der Waals surface area contributed by atoms with Crippen LogP contribution in [0.3, 0.4) is 0 Å². The summed E-state index contributed by atoms with van der Waals surface area (Å²) in [6, 6.07) is 0. The predicted molar refractivity (Wildman–Crippen MR) is 279 cm³/mol. The summed E-state index contributed by atoms with van der Waals surface area (Å²) >= 11 is 0. The van der Waals surface area contributed by atoms with Crippen molar-refractivity contribution in [1.82, 2.24) is 0 Å². The molecule has 0 rings (SSSR count). The van der Waals surface area contributed by atoms with Gasteiger partial charge in [-0.3, -0.25) is 14.4 Å². The number of unbranched alkanes of at least 4 members (excludes halogenated alkanes) is 29. The third kappa shape index (κ3) is 51.7. The molecule has 0 aliphatic rings. The zero-order chi connectivity index (χ0) is 47.2. The predicted octanol–water partition coefficient (Wildman–Crippen LogP) is 18.2. The quantitative estimate of drug-likeness (QED) is 0.0199. The topological polar surface area (TPSA) is 78.9 Å². The van der Waals surface area contributed by atoms with Gasteiger partial charge in [0.2, 0.25) is 0 Å². The van der Waals surface area contributed by atoms with Gasteiger partial charge in [-0.15, -0.1) is 0 Å². The Labute approximate surface area is 402 Å². The van der Waals surface area contributed by atoms with Crippen LogP contribution in [0.5, 0.6) is 0 Å². The Morgan fingerprint density at radius 1 is 0.323 bits per heavy atom. The van der Waals surface area contributed by atoms with Crippen molar-refractivity contribution >= 4 is 17.9 Å². The Kier molecular flexibility index (Phi) is 50.9. The Morgan fingerprint density at radius 3 is 1.00 bits per heavy atom. The molecule has 1 atom stereocenters. The molecule has 6 heteroatoms. The van der Waals surface area contributed by atoms with Crippen LogP contribution in [0.15, 0.2) is 72.9 Å². The van der Waals surface area contributed by atoms with E-state index in [1.807, 2.05) is 30.4 Å². The van der Waals surface area contributed by atoms with E-state index in [1.165, 1.54) is 135 Å². The van der Waals surface area contributed by atoms with Gasteiger partial charge in [0.15, 0.2) is 6.10 Å². The number of allylic oxidation sites excluding steroid dienone is 12. The molecule has 0 radical (unpaired) electrons. The summed E-state index contributed by atoms with van der Waals surface area (Å²) < 4.78 is 16.8. The SMILES string of the molecule is CC/C=C/C=C/C=C/C=C/CCCCCC(=O)OCC(COC(=O)CCCCCCC/C=C/CCCCCCCCCCC)OC(=O)CCCCCCC/C=C/CCCCCCCCC. The van der Waals surface area contributed by atoms with Gasteiger partial charge in [0.05, 0.1) is 0 Å². The first-order valence-corrected chi connectivity index (χ1v) is 27.5. The van der Waals surface area contributed by atoms with Crippen LogP contribution in [0.2, 0.25) is 0 Å². The highest BCUT2D eigenvalue weighted by molar-refractivity contribution is 5.71. The second-order valence-electron chi connectivity index (χ2n) is 18.2. The van der Waals surface area contributed by atoms with E-state index in [9.17, 15) is 14.4 Å². The molecule has 0 saturated heterocycles. The number of esters is 3. The van der Waals surface area contributed by atoms with Gasteiger partial charge >= 0.3 is 17.9 Å². The standard InChI is InChI=1S/C59H102O6/c1-4-7-10-13-16-19-22-25-27-29-30-32-34-37-40-43-46-49-52-58(61)64-55-56(54-63-57(60)51-48-45-42-39-36-33-24-21-18-15-12-9-6-3)65-59(62)53-50-47-44-41-38-35-31-28-26-23-20-17-14-11-8-5-2/h9,12,15,18,21,24,28,30-33,36,56H,4-8,10-11,13-14,16-17,19-20,22-23,25-27,29,34-35,37-55H2,1-3H3/b12-9+,18-15+,24-21+,31-28+,32-30+,36-33+. The lowest BCUT2D eigenvalue weighted by Crippen LogP contribution is -2.30. The molecule has 0 amide bonds. The molecule has 0 aromatic rings. The van der Waals surface area contributed by atoms with Gasteiger partial charge in [-0.25, -0.2) is 0 Å². The largest absolute Gasteiger partial charge is 0.462 e. The van der Waals surface area contributed by atoms with E-state index in [2.05, 4.69) is 63.3 Å². The maximum absolute atomic E-state index is 12.8. The van der Waals surface area contributed by atoms with Gasteiger partial charge < -0.3 is 14.2 Å². The summed E-state index contributed by atoms with van der Waals surface area (Å²) in [6.45, 7) is 6.46. The van der Waals surface area contributed by atoms with Crippen molar-refractivity contribution in [3.63, 3.8) is 0 Å². The minimum Gasteiger partial charge on any atom is -0.462 e. The van der Waals surface area contributed by atoms with Crippen molar-refractivity contribution in [1.29, 1.82) is 0 Å². The van der Waals surface area contributed by atoms with Crippen molar-refractivity contribution in [2.75, 3.05) is 13.2 Å². The first kappa shape index (κ1) is 61.9. The molecule has 0 saturated carbocycles. The number of rotatable bonds is 49. The summed E-state index contributed by atoms with van der Waals surface area (Å²) in [5.41, 5.74) is 0. The van der Waals surface area contributed by atoms with E-state index < -0.39 is 6.10 Å². The van der Waals surface area contributed by atoms with Gasteiger partial charge in [0, 0.05) is 19.3 Å². The molecule has 1 unspecified atom stereocenters. The van der Waals surface area contributed by atoms with Crippen molar-refractivity contribution in [3.05, 3.63) is 72.9 Å². The van der Waals surface area contributed by atoms with Crippen LogP contribution in [-0.4, -0.2) is 37.2 Å². The molecular formula is C59H102O6. The minimum atomic E-state index is -0.799. The van der Waals surface area contributed by atoms with Gasteiger partial charge in [-0.2, -0.15) is 0 Å². The number of carbonyl (C=O) groups excluding carboxylic acids is 3. The zero-order valence-electron chi connectivity index (χ0n) is 42.7. The molecule has 0 bridgehead atoms. The second kappa shape index (κ2) is 53.5. The van der Waals surface area contributed by atoms with Crippen LogP contribution >= 0.6 is 0 Å². The number of ether oxygens (including phenoxy) is 3. The molecule has 0 aliphatic heterocycles. The van der Waals surface area contributed by atoms with E-state index in [0.29, 0.717) is 19.3 Å². The van der Waals surface area contributed by atoms with E-state index >= 15 is 0 Å². The van der Waals surface area contributed by atoms with E-state index in [1.54, 1.807) is 0 Å². The highest BCUT2D eigenvalue weighted by Gasteiger charge is 2.19. The van der Waals surface area contributed by atoms with Gasteiger partial charge in [0.25, 0.3) is 0 Å². The lowest BCUT2D eigenvalue weighted by Gasteiger charge is -2.18. The Morgan fingerprint density at radius 2 is 0.615 bits per heavy atom. The Bertz CT molecular complexity index is 1230. The molecule has 0 aromatic heterocycles. The average molecular weight is 907 g/mol. The van der Waals surface area contributed by atoms with Crippen LogP contribution in [-0.2, 0) is 28.6 Å². The average Bonchev–Trinajstić information content (AvgIpc) is 3.30. The summed E-state index contributed by atoms with van der Waals surface area (Å²) in [7, 11) is 0. The number of carbonyl (C=O) groups is 3. The monoisotopic (exact) mass is 907 g/mol. The number of hydrogen-bond donors (Lipinski definition) is 0. The lowest BCUT2D eigenvalue weighted by molar-refractivity contribution is -0.167. The first-order valence-electron chi connectivity index (χ1n) is 27.5. The third-order valence-electron chi connectivity index (χ3n) is 11.8. The summed E-state index contributed by atoms with van der Waals surface area (Å²) in [6.07, 6.45) is 67.5. The molecule has 0 fully saturated rings. The summed E-state index contributed by atoms with van der Waals surface area (Å²) in [4.78, 5) is 38.0. The molecular weight excluding hydrogens is 805 g/mol. The molecule has 0 N–H and O–H groups in total. The van der Waals surface area contributed by atoms with Crippen LogP contribution in [0.1, 0.15) is 265 Å². The van der Waals surface area contributed by atoms with Crippen molar-refractivity contribution in [2.24, 2.45) is 0 Å². The fourth-order valence-corrected chi connectivity index (χ4v) is 7.62. The van der Waals surface area contributed by atoms with Crippen molar-refractivity contribution in [2.45, 2.75) is 271 Å². The van der Waals surface area contributed by atoms with Gasteiger partial charge in [-0.05, 0) is 89.9 Å². The second-order valence-corrected chi connectivity index (χ2v) is 18.2. The van der Waals surface area contributed by atoms with Gasteiger partial charge in [0.1, 0.15) is 13.2 Å². The molecule has 0 heterocycles. The van der Waals surface area contributed by atoms with Crippen molar-refractivity contribution in [3.8, 4) is 0 Å². The fraction of sp³-hybridized carbons (Fsp3) is 0.746. The van der Waals surface area contributed by atoms with E-state index in [-0.39, 0.29) is 31.1 Å². The van der Waals surface area contributed by atoms with Crippen LogP contribution in [0.4, 0.5) is 0 Å². The normalized spacial score (nSPS) is 12.6. The lowest BCUT2D eigenvalue weighted by atomic mass is 10.1. The first-order chi connectivity index (χ1) is 32.0. The van der Waals surface area contributed by atoms with Gasteiger partial charge in [-0.1, -0.05) is 229 Å². The van der Waals surface area contributed by atoms with E-state index in [0.717, 1.165) is 89.9 Å². The Hall–Kier alpha value is -3.15. The zero-order valence-corrected chi connectivity index (χ0v) is 42.7. The van der Waals surface area contributed by atoms with Crippen LogP contribution in [0.25, 0.3) is 0 Å². The fourth-order valence-electron chi connectivity index (χ4n) is 7.62. The van der Waals surface area contributed by atoms with E-state index in [4.69, 9.17) is 14.2 Å². The Balaban J connectivity index is 4.43.